The Morgan fingerprint density at radius 2 is 1.89 bits per heavy atom. The van der Waals surface area contributed by atoms with Crippen LogP contribution < -0.4 is 0 Å². The van der Waals surface area contributed by atoms with Gasteiger partial charge in [-0.2, -0.15) is 0 Å². The minimum atomic E-state index is -0.504. The van der Waals surface area contributed by atoms with Gasteiger partial charge in [0.1, 0.15) is 0 Å². The van der Waals surface area contributed by atoms with Gasteiger partial charge in [-0.15, -0.1) is 0 Å². The van der Waals surface area contributed by atoms with Crippen molar-refractivity contribution in [2.75, 3.05) is 14.1 Å². The van der Waals surface area contributed by atoms with Gasteiger partial charge < -0.3 is 9.88 Å². The molecule has 0 spiro atoms. The molecule has 1 aromatic carbocycles. The fraction of sp³-hybridized carbons (Fsp3) is 0.333. The second-order valence-corrected chi connectivity index (χ2v) is 5.19. The number of fused-ring (bicyclic) bond motifs is 1. The summed E-state index contributed by atoms with van der Waals surface area (Å²) in [5.41, 5.74) is 2.47. The second kappa shape index (κ2) is 4.88. The average molecular weight is 258 g/mol. The highest BCUT2D eigenvalue weighted by Gasteiger charge is 2.21. The number of H-pyrrole nitrogens is 1. The minimum Gasteiger partial charge on any atom is -0.360 e. The number of nitrogens with zero attached hydrogens (tertiary/aromatic N) is 1. The summed E-state index contributed by atoms with van der Waals surface area (Å²) in [5, 5.41) is 0.811. The first-order valence-corrected chi connectivity index (χ1v) is 6.29. The molecule has 1 N–H and O–H groups in total. The topological polar surface area (TPSA) is 53.2 Å². The molecular weight excluding hydrogens is 240 g/mol. The number of amides is 1. The van der Waals surface area contributed by atoms with Crippen molar-refractivity contribution in [3.05, 3.63) is 35.5 Å². The van der Waals surface area contributed by atoms with Crippen LogP contribution in [0, 0.1) is 0 Å². The van der Waals surface area contributed by atoms with Gasteiger partial charge in [0.2, 0.25) is 0 Å². The molecule has 1 aromatic heterocycles. The number of aromatic amines is 1. The smallest absolute Gasteiger partial charge is 0.294 e. The number of likely N-dealkylation sites (N-methyl/N-ethyl adjacent to an activating group) is 1. The first-order chi connectivity index (χ1) is 8.91. The SMILES string of the molecule is CC(C)c1ccc2[nH]cc(C(=O)C(=O)N(C)C)c2c1. The molecular formula is C15H18N2O2. The fourth-order valence-electron chi connectivity index (χ4n) is 2.00. The summed E-state index contributed by atoms with van der Waals surface area (Å²) in [6.45, 7) is 4.20. The molecule has 2 aromatic rings. The quantitative estimate of drug-likeness (QED) is 0.679. The van der Waals surface area contributed by atoms with Gasteiger partial charge in [0.05, 0.1) is 5.56 Å². The first-order valence-electron chi connectivity index (χ1n) is 6.29. The lowest BCUT2D eigenvalue weighted by molar-refractivity contribution is -0.124. The molecule has 4 heteroatoms. The molecule has 2 rings (SSSR count). The Bertz CT molecular complexity index is 639. The zero-order valence-corrected chi connectivity index (χ0v) is 11.7. The monoisotopic (exact) mass is 258 g/mol. The standard InChI is InChI=1S/C15H18N2O2/c1-9(2)10-5-6-13-11(7-10)12(8-16-13)14(18)15(19)17(3)4/h5-9,16H,1-4H3. The summed E-state index contributed by atoms with van der Waals surface area (Å²) >= 11 is 0. The Labute approximate surface area is 112 Å². The van der Waals surface area contributed by atoms with Crippen LogP contribution in [0.25, 0.3) is 10.9 Å². The third kappa shape index (κ3) is 2.38. The maximum atomic E-state index is 12.1. The third-order valence-corrected chi connectivity index (χ3v) is 3.22. The Morgan fingerprint density at radius 1 is 1.21 bits per heavy atom. The third-order valence-electron chi connectivity index (χ3n) is 3.22. The zero-order valence-electron chi connectivity index (χ0n) is 11.7. The molecule has 0 radical (unpaired) electrons. The van der Waals surface area contributed by atoms with E-state index in [0.29, 0.717) is 11.5 Å². The number of hydrogen-bond acceptors (Lipinski definition) is 2. The van der Waals surface area contributed by atoms with Crippen LogP contribution in [0.3, 0.4) is 0 Å². The van der Waals surface area contributed by atoms with Crippen LogP contribution >= 0.6 is 0 Å². The molecule has 100 valence electrons. The van der Waals surface area contributed by atoms with Crippen LogP contribution in [-0.2, 0) is 4.79 Å². The molecule has 0 aliphatic carbocycles. The van der Waals surface area contributed by atoms with E-state index in [1.165, 1.54) is 4.90 Å². The van der Waals surface area contributed by atoms with Gasteiger partial charge in [-0.3, -0.25) is 9.59 Å². The number of ketones is 1. The van der Waals surface area contributed by atoms with Gasteiger partial charge in [-0.1, -0.05) is 19.9 Å². The van der Waals surface area contributed by atoms with E-state index in [1.54, 1.807) is 20.3 Å². The van der Waals surface area contributed by atoms with E-state index in [2.05, 4.69) is 18.8 Å². The summed E-state index contributed by atoms with van der Waals surface area (Å²) < 4.78 is 0. The largest absolute Gasteiger partial charge is 0.360 e. The van der Waals surface area contributed by atoms with Gasteiger partial charge in [0.25, 0.3) is 11.7 Å². The number of nitrogens with one attached hydrogen (secondary N) is 1. The van der Waals surface area contributed by atoms with Gasteiger partial charge >= 0.3 is 0 Å². The highest BCUT2D eigenvalue weighted by molar-refractivity contribution is 6.44. The van der Waals surface area contributed by atoms with Crippen molar-refractivity contribution in [1.82, 2.24) is 9.88 Å². The molecule has 0 saturated carbocycles. The van der Waals surface area contributed by atoms with E-state index in [4.69, 9.17) is 0 Å². The van der Waals surface area contributed by atoms with Gasteiger partial charge in [0, 0.05) is 31.2 Å². The summed E-state index contributed by atoms with van der Waals surface area (Å²) in [4.78, 5) is 28.2. The molecule has 0 fully saturated rings. The van der Waals surface area contributed by atoms with Crippen LogP contribution in [0.2, 0.25) is 0 Å². The maximum absolute atomic E-state index is 12.1. The first kappa shape index (κ1) is 13.3. The molecule has 0 aliphatic heterocycles. The summed E-state index contributed by atoms with van der Waals surface area (Å²) in [7, 11) is 3.16. The highest BCUT2D eigenvalue weighted by atomic mass is 16.2. The van der Waals surface area contributed by atoms with E-state index in [1.807, 2.05) is 18.2 Å². The molecule has 4 nitrogen and oxygen atoms in total. The maximum Gasteiger partial charge on any atom is 0.294 e. The minimum absolute atomic E-state index is 0.381. The van der Waals surface area contributed by atoms with Crippen molar-refractivity contribution in [3.63, 3.8) is 0 Å². The van der Waals surface area contributed by atoms with E-state index in [9.17, 15) is 9.59 Å². The lowest BCUT2D eigenvalue weighted by Gasteiger charge is -2.09. The fourth-order valence-corrected chi connectivity index (χ4v) is 2.00. The molecule has 0 atom stereocenters. The van der Waals surface area contributed by atoms with Crippen molar-refractivity contribution < 1.29 is 9.59 Å². The van der Waals surface area contributed by atoms with Gasteiger partial charge in [0.15, 0.2) is 0 Å². The second-order valence-electron chi connectivity index (χ2n) is 5.19. The van der Waals surface area contributed by atoms with Crippen molar-refractivity contribution >= 4 is 22.6 Å². The van der Waals surface area contributed by atoms with Crippen LogP contribution in [0.4, 0.5) is 0 Å². The lowest BCUT2D eigenvalue weighted by atomic mass is 9.99. The van der Waals surface area contributed by atoms with Gasteiger partial charge in [-0.25, -0.2) is 0 Å². The number of hydrogen-bond donors (Lipinski definition) is 1. The van der Waals surface area contributed by atoms with E-state index in [0.717, 1.165) is 16.5 Å². The summed E-state index contributed by atoms with van der Waals surface area (Å²) in [5.74, 6) is -0.597. The number of benzene rings is 1. The molecule has 0 unspecified atom stereocenters. The number of carbonyl (C=O) groups is 2. The van der Waals surface area contributed by atoms with E-state index < -0.39 is 11.7 Å². The van der Waals surface area contributed by atoms with E-state index >= 15 is 0 Å². The molecule has 0 bridgehead atoms. The van der Waals surface area contributed by atoms with Crippen molar-refractivity contribution in [2.24, 2.45) is 0 Å². The highest BCUT2D eigenvalue weighted by Crippen LogP contribution is 2.24. The number of Topliss-reactive ketones (excluding diaryl/α,β-unsaturated/α-hetero) is 1. The summed E-state index contributed by atoms with van der Waals surface area (Å²) in [6, 6.07) is 5.96. The normalized spacial score (nSPS) is 11.0. The molecule has 19 heavy (non-hydrogen) atoms. The number of aromatic nitrogens is 1. The molecule has 1 heterocycles. The van der Waals surface area contributed by atoms with Crippen molar-refractivity contribution in [2.45, 2.75) is 19.8 Å². The summed E-state index contributed by atoms with van der Waals surface area (Å²) in [6.07, 6.45) is 1.61. The van der Waals surface area contributed by atoms with Crippen molar-refractivity contribution in [3.8, 4) is 0 Å². The van der Waals surface area contributed by atoms with Crippen LogP contribution in [0.5, 0.6) is 0 Å². The zero-order chi connectivity index (χ0) is 14.2. The number of rotatable bonds is 3. The average Bonchev–Trinajstić information content (AvgIpc) is 2.79. The molecule has 0 saturated heterocycles. The Hall–Kier alpha value is -2.10. The van der Waals surface area contributed by atoms with Crippen molar-refractivity contribution in [1.29, 1.82) is 0 Å². The van der Waals surface area contributed by atoms with Crippen LogP contribution in [0.15, 0.2) is 24.4 Å². The molecule has 1 amide bonds. The molecule has 0 aliphatic rings. The lowest BCUT2D eigenvalue weighted by Crippen LogP contribution is -2.29. The predicted molar refractivity (Wildman–Crippen MR) is 75.4 cm³/mol. The van der Waals surface area contributed by atoms with Gasteiger partial charge in [-0.05, 0) is 23.6 Å². The Balaban J connectivity index is 2.52. The predicted octanol–water partition coefficient (Wildman–Crippen LogP) is 2.56. The number of carbonyl (C=O) groups excluding carboxylic acids is 2. The van der Waals surface area contributed by atoms with Crippen LogP contribution in [0.1, 0.15) is 35.7 Å². The van der Waals surface area contributed by atoms with Crippen LogP contribution in [-0.4, -0.2) is 35.7 Å². The Kier molecular flexibility index (Phi) is 3.42. The Morgan fingerprint density at radius 3 is 2.47 bits per heavy atom. The van der Waals surface area contributed by atoms with E-state index in [-0.39, 0.29) is 0 Å².